The molecule has 0 bridgehead atoms. The third-order valence-corrected chi connectivity index (χ3v) is 4.61. The highest BCUT2D eigenvalue weighted by Crippen LogP contribution is 2.34. The van der Waals surface area contributed by atoms with Crippen molar-refractivity contribution in [2.24, 2.45) is 0 Å². The Morgan fingerprint density at radius 3 is 2.17 bits per heavy atom. The van der Waals surface area contributed by atoms with E-state index < -0.39 is 5.97 Å². The van der Waals surface area contributed by atoms with Crippen LogP contribution in [-0.4, -0.2) is 11.1 Å². The van der Waals surface area contributed by atoms with Gasteiger partial charge in [0.25, 0.3) is 0 Å². The lowest BCUT2D eigenvalue weighted by Crippen LogP contribution is -1.95. The van der Waals surface area contributed by atoms with Crippen LogP contribution in [0.25, 0.3) is 22.3 Å². The second-order valence-corrected chi connectivity index (χ2v) is 5.88. The molecule has 2 aromatic carbocycles. The zero-order valence-electron chi connectivity index (χ0n) is 12.4. The molecule has 1 aromatic heterocycles. The fourth-order valence-electron chi connectivity index (χ4n) is 2.53. The van der Waals surface area contributed by atoms with Crippen LogP contribution in [0.5, 0.6) is 0 Å². The van der Waals surface area contributed by atoms with Crippen molar-refractivity contribution >= 4 is 17.3 Å². The van der Waals surface area contributed by atoms with Crippen molar-refractivity contribution in [1.82, 2.24) is 0 Å². The van der Waals surface area contributed by atoms with Crippen molar-refractivity contribution in [3.8, 4) is 34.4 Å². The standard InChI is InChI=1S/C19H10N2O2S/c20-9-14-3-1-2-4-16(14)12-5-7-13(8-6-12)17-15(10-21)11-24-18(17)19(22)23/h1-8,11H,(H,22,23). The Balaban J connectivity index is 2.09. The molecule has 5 heteroatoms. The molecule has 0 radical (unpaired) electrons. The summed E-state index contributed by atoms with van der Waals surface area (Å²) in [7, 11) is 0. The van der Waals surface area contributed by atoms with Gasteiger partial charge < -0.3 is 5.11 Å². The van der Waals surface area contributed by atoms with Gasteiger partial charge in [-0.3, -0.25) is 0 Å². The maximum Gasteiger partial charge on any atom is 0.346 e. The van der Waals surface area contributed by atoms with E-state index in [4.69, 9.17) is 0 Å². The van der Waals surface area contributed by atoms with Gasteiger partial charge in [-0.2, -0.15) is 10.5 Å². The summed E-state index contributed by atoms with van der Waals surface area (Å²) in [6.07, 6.45) is 0. The summed E-state index contributed by atoms with van der Waals surface area (Å²) in [5.74, 6) is -1.05. The largest absolute Gasteiger partial charge is 0.477 e. The van der Waals surface area contributed by atoms with Gasteiger partial charge in [-0.25, -0.2) is 4.79 Å². The first-order chi connectivity index (χ1) is 11.7. The molecule has 0 aliphatic rings. The topological polar surface area (TPSA) is 84.9 Å². The molecule has 0 saturated carbocycles. The van der Waals surface area contributed by atoms with Gasteiger partial charge in [0, 0.05) is 10.9 Å². The predicted molar refractivity (Wildman–Crippen MR) is 91.6 cm³/mol. The molecule has 3 rings (SSSR count). The fourth-order valence-corrected chi connectivity index (χ4v) is 3.39. The molecule has 0 spiro atoms. The molecule has 1 N–H and O–H groups in total. The van der Waals surface area contributed by atoms with E-state index in [9.17, 15) is 20.4 Å². The zero-order valence-corrected chi connectivity index (χ0v) is 13.2. The summed E-state index contributed by atoms with van der Waals surface area (Å²) >= 11 is 1.05. The molecule has 4 nitrogen and oxygen atoms in total. The Morgan fingerprint density at radius 1 is 0.917 bits per heavy atom. The molecule has 0 amide bonds. The first-order valence-corrected chi connectivity index (χ1v) is 7.88. The van der Waals surface area contributed by atoms with E-state index in [0.717, 1.165) is 22.5 Å². The molecule has 24 heavy (non-hydrogen) atoms. The van der Waals surface area contributed by atoms with E-state index in [1.165, 1.54) is 0 Å². The normalized spacial score (nSPS) is 9.92. The molecule has 1 heterocycles. The Hall–Kier alpha value is -3.41. The average molecular weight is 330 g/mol. The predicted octanol–water partition coefficient (Wildman–Crippen LogP) is 4.52. The molecule has 0 saturated heterocycles. The molecule has 0 fully saturated rings. The van der Waals surface area contributed by atoms with E-state index >= 15 is 0 Å². The van der Waals surface area contributed by atoms with Crippen molar-refractivity contribution in [2.45, 2.75) is 0 Å². The lowest BCUT2D eigenvalue weighted by Gasteiger charge is -2.07. The maximum absolute atomic E-state index is 11.4. The van der Waals surface area contributed by atoms with Crippen LogP contribution >= 0.6 is 11.3 Å². The van der Waals surface area contributed by atoms with Crippen LogP contribution in [0.15, 0.2) is 53.9 Å². The minimum Gasteiger partial charge on any atom is -0.477 e. The van der Waals surface area contributed by atoms with Gasteiger partial charge >= 0.3 is 5.97 Å². The molecule has 0 unspecified atom stereocenters. The van der Waals surface area contributed by atoms with E-state index in [1.807, 2.05) is 30.3 Å². The van der Waals surface area contributed by atoms with Crippen molar-refractivity contribution in [3.05, 3.63) is 69.9 Å². The van der Waals surface area contributed by atoms with Crippen LogP contribution in [0.2, 0.25) is 0 Å². The third-order valence-electron chi connectivity index (χ3n) is 3.64. The number of hydrogen-bond acceptors (Lipinski definition) is 4. The van der Waals surface area contributed by atoms with Gasteiger partial charge in [0.1, 0.15) is 10.9 Å². The highest BCUT2D eigenvalue weighted by Gasteiger charge is 2.19. The average Bonchev–Trinajstić information content (AvgIpc) is 3.06. The summed E-state index contributed by atoms with van der Waals surface area (Å²) < 4.78 is 0. The molecule has 0 aliphatic heterocycles. The van der Waals surface area contributed by atoms with Crippen LogP contribution in [0, 0.1) is 22.7 Å². The number of carboxylic acids is 1. The number of carbonyl (C=O) groups is 1. The highest BCUT2D eigenvalue weighted by atomic mass is 32.1. The SMILES string of the molecule is N#Cc1ccccc1-c1ccc(-c2c(C#N)csc2C(=O)O)cc1. The molecule has 3 aromatic rings. The van der Waals surface area contributed by atoms with Crippen LogP contribution in [0.4, 0.5) is 0 Å². The minimum atomic E-state index is -1.05. The second-order valence-electron chi connectivity index (χ2n) is 5.01. The molecule has 114 valence electrons. The van der Waals surface area contributed by atoms with Crippen LogP contribution in [0.3, 0.4) is 0 Å². The summed E-state index contributed by atoms with van der Waals surface area (Å²) in [4.78, 5) is 11.5. The van der Waals surface area contributed by atoms with Crippen molar-refractivity contribution in [1.29, 1.82) is 10.5 Å². The van der Waals surface area contributed by atoms with E-state index in [0.29, 0.717) is 22.3 Å². The van der Waals surface area contributed by atoms with Crippen LogP contribution in [0.1, 0.15) is 20.8 Å². The van der Waals surface area contributed by atoms with Gasteiger partial charge in [0.05, 0.1) is 17.2 Å². The zero-order chi connectivity index (χ0) is 17.1. The number of benzene rings is 2. The number of aromatic carboxylic acids is 1. The van der Waals surface area contributed by atoms with Gasteiger partial charge in [-0.1, -0.05) is 42.5 Å². The number of nitriles is 2. The maximum atomic E-state index is 11.4. The Bertz CT molecular complexity index is 1010. The van der Waals surface area contributed by atoms with Gasteiger partial charge in [0.2, 0.25) is 0 Å². The quantitative estimate of drug-likeness (QED) is 0.765. The third kappa shape index (κ3) is 2.65. The first kappa shape index (κ1) is 15.5. The number of nitrogens with zero attached hydrogens (tertiary/aromatic N) is 2. The minimum absolute atomic E-state index is 0.150. The van der Waals surface area contributed by atoms with Gasteiger partial charge in [0.15, 0.2) is 0 Å². The number of carboxylic acid groups (broad SMARTS) is 1. The summed E-state index contributed by atoms with van der Waals surface area (Å²) in [5, 5.41) is 29.3. The summed E-state index contributed by atoms with van der Waals surface area (Å²) in [6, 6.07) is 18.7. The second kappa shape index (κ2) is 6.37. The Labute approximate surface area is 142 Å². The fraction of sp³-hybridized carbons (Fsp3) is 0. The van der Waals surface area contributed by atoms with Gasteiger partial charge in [-0.15, -0.1) is 11.3 Å². The Kier molecular flexibility index (Phi) is 4.11. The van der Waals surface area contributed by atoms with Crippen molar-refractivity contribution in [3.63, 3.8) is 0 Å². The number of thiophene rings is 1. The summed E-state index contributed by atoms with van der Waals surface area (Å²) in [6.45, 7) is 0. The van der Waals surface area contributed by atoms with E-state index in [-0.39, 0.29) is 4.88 Å². The highest BCUT2D eigenvalue weighted by molar-refractivity contribution is 7.12. The number of rotatable bonds is 3. The van der Waals surface area contributed by atoms with Gasteiger partial charge in [-0.05, 0) is 22.8 Å². The van der Waals surface area contributed by atoms with E-state index in [2.05, 4.69) is 6.07 Å². The van der Waals surface area contributed by atoms with E-state index in [1.54, 1.807) is 29.6 Å². The monoisotopic (exact) mass is 330 g/mol. The van der Waals surface area contributed by atoms with Crippen molar-refractivity contribution in [2.75, 3.05) is 0 Å². The van der Waals surface area contributed by atoms with Crippen molar-refractivity contribution < 1.29 is 9.90 Å². The van der Waals surface area contributed by atoms with Crippen LogP contribution in [-0.2, 0) is 0 Å². The first-order valence-electron chi connectivity index (χ1n) is 7.00. The lowest BCUT2D eigenvalue weighted by atomic mass is 9.96. The molecule has 0 atom stereocenters. The molecular formula is C19H10N2O2S. The summed E-state index contributed by atoms with van der Waals surface area (Å²) in [5.41, 5.74) is 3.71. The molecular weight excluding hydrogens is 320 g/mol. The van der Waals surface area contributed by atoms with Crippen LogP contribution < -0.4 is 0 Å². The number of hydrogen-bond donors (Lipinski definition) is 1. The smallest absolute Gasteiger partial charge is 0.346 e. The molecule has 0 aliphatic carbocycles. The Morgan fingerprint density at radius 2 is 1.54 bits per heavy atom. The lowest BCUT2D eigenvalue weighted by molar-refractivity contribution is 0.0703.